The molecule has 47 heavy (non-hydrogen) atoms. The van der Waals surface area contributed by atoms with Gasteiger partial charge in [0.05, 0.1) is 33.0 Å². The number of aliphatic hydroxyl groups is 12. The van der Waals surface area contributed by atoms with Crippen molar-refractivity contribution in [1.82, 2.24) is 5.32 Å². The van der Waals surface area contributed by atoms with Crippen LogP contribution in [0.15, 0.2) is 0 Å². The molecule has 0 bridgehead atoms. The van der Waals surface area contributed by atoms with Gasteiger partial charge >= 0.3 is 0 Å². The third-order valence-electron chi connectivity index (χ3n) is 8.53. The van der Waals surface area contributed by atoms with Crippen LogP contribution in [0.25, 0.3) is 0 Å². The van der Waals surface area contributed by atoms with Gasteiger partial charge in [0, 0.05) is 6.92 Å². The lowest BCUT2D eigenvalue weighted by atomic mass is 9.94. The number of ether oxygens (including phenoxy) is 7. The Morgan fingerprint density at radius 2 is 1.04 bits per heavy atom. The van der Waals surface area contributed by atoms with Gasteiger partial charge in [-0.15, -0.1) is 0 Å². The molecule has 1 amide bonds. The van der Waals surface area contributed by atoms with Crippen LogP contribution in [-0.2, 0) is 38.0 Å². The maximum atomic E-state index is 12.3. The van der Waals surface area contributed by atoms with E-state index >= 15 is 0 Å². The van der Waals surface area contributed by atoms with E-state index in [1.54, 1.807) is 0 Å². The van der Waals surface area contributed by atoms with E-state index in [1.807, 2.05) is 0 Å². The molecule has 19 atom stereocenters. The van der Waals surface area contributed by atoms with E-state index in [0.717, 1.165) is 6.92 Å². The molecular weight excluding hydrogens is 646 g/mol. The molecule has 0 aromatic heterocycles. The zero-order chi connectivity index (χ0) is 34.7. The maximum Gasteiger partial charge on any atom is 0.217 e. The van der Waals surface area contributed by atoms with Crippen molar-refractivity contribution in [3.8, 4) is 0 Å². The first-order chi connectivity index (χ1) is 22.3. The fourth-order valence-electron chi connectivity index (χ4n) is 5.88. The van der Waals surface area contributed by atoms with Crippen molar-refractivity contribution in [2.45, 2.75) is 123 Å². The molecule has 4 fully saturated rings. The van der Waals surface area contributed by atoms with Gasteiger partial charge in [-0.05, 0) is 0 Å². The number of hydrogen-bond donors (Lipinski definition) is 13. The zero-order valence-electron chi connectivity index (χ0n) is 25.1. The van der Waals surface area contributed by atoms with Crippen molar-refractivity contribution >= 4 is 5.91 Å². The first kappa shape index (κ1) is 38.5. The Bertz CT molecular complexity index is 994. The van der Waals surface area contributed by atoms with Crippen molar-refractivity contribution in [3.63, 3.8) is 0 Å². The van der Waals surface area contributed by atoms with Gasteiger partial charge < -0.3 is 99.8 Å². The fraction of sp³-hybridized carbons (Fsp3) is 0.962. The Balaban J connectivity index is 1.61. The summed E-state index contributed by atoms with van der Waals surface area (Å²) in [6.45, 7) is -2.48. The van der Waals surface area contributed by atoms with Gasteiger partial charge in [-0.25, -0.2) is 0 Å². The molecule has 4 heterocycles. The first-order valence-corrected chi connectivity index (χ1v) is 15.0. The minimum Gasteiger partial charge on any atom is -0.394 e. The molecule has 0 radical (unpaired) electrons. The van der Waals surface area contributed by atoms with Crippen LogP contribution in [0.4, 0.5) is 0 Å². The Hall–Kier alpha value is -1.29. The molecule has 0 aromatic carbocycles. The molecule has 0 aliphatic carbocycles. The van der Waals surface area contributed by atoms with Crippen LogP contribution in [-0.4, -0.2) is 217 Å². The second-order valence-electron chi connectivity index (χ2n) is 11.8. The summed E-state index contributed by atoms with van der Waals surface area (Å²) in [5.41, 5.74) is 0. The van der Waals surface area contributed by atoms with E-state index in [-0.39, 0.29) is 6.61 Å². The molecule has 4 aliphatic rings. The van der Waals surface area contributed by atoms with Crippen molar-refractivity contribution in [2.75, 3.05) is 33.0 Å². The van der Waals surface area contributed by atoms with Crippen molar-refractivity contribution in [3.05, 3.63) is 0 Å². The molecule has 13 N–H and O–H groups in total. The largest absolute Gasteiger partial charge is 0.394 e. The Labute approximate surface area is 267 Å². The molecule has 10 unspecified atom stereocenters. The summed E-state index contributed by atoms with van der Waals surface area (Å²) >= 11 is 0. The highest BCUT2D eigenvalue weighted by atomic mass is 16.8. The van der Waals surface area contributed by atoms with Gasteiger partial charge in [0.2, 0.25) is 5.91 Å². The zero-order valence-corrected chi connectivity index (χ0v) is 25.1. The van der Waals surface area contributed by atoms with Gasteiger partial charge in [0.15, 0.2) is 18.9 Å². The van der Waals surface area contributed by atoms with E-state index in [0.29, 0.717) is 0 Å². The van der Waals surface area contributed by atoms with Crippen LogP contribution < -0.4 is 5.32 Å². The molecule has 4 aliphatic heterocycles. The monoisotopic (exact) mass is 691 g/mol. The van der Waals surface area contributed by atoms with Crippen LogP contribution in [0.5, 0.6) is 0 Å². The summed E-state index contributed by atoms with van der Waals surface area (Å²) in [6, 6.07) is -1.57. The highest BCUT2D eigenvalue weighted by Crippen LogP contribution is 2.34. The van der Waals surface area contributed by atoms with Gasteiger partial charge in [0.1, 0.15) is 97.6 Å². The number of rotatable bonds is 11. The van der Waals surface area contributed by atoms with E-state index in [1.165, 1.54) is 0 Å². The highest BCUT2D eigenvalue weighted by molar-refractivity contribution is 5.73. The minimum absolute atomic E-state index is 0.335. The predicted octanol–water partition coefficient (Wildman–Crippen LogP) is -8.92. The van der Waals surface area contributed by atoms with Crippen LogP contribution in [0.3, 0.4) is 0 Å². The summed E-state index contributed by atoms with van der Waals surface area (Å²) in [6.07, 6.45) is -30.2. The fourth-order valence-corrected chi connectivity index (χ4v) is 5.88. The average Bonchev–Trinajstić information content (AvgIpc) is 3.04. The second-order valence-corrected chi connectivity index (χ2v) is 11.8. The Morgan fingerprint density at radius 3 is 1.60 bits per heavy atom. The van der Waals surface area contributed by atoms with E-state index < -0.39 is 149 Å². The van der Waals surface area contributed by atoms with Gasteiger partial charge in [-0.3, -0.25) is 4.79 Å². The number of aliphatic hydroxyl groups excluding tert-OH is 12. The standard InChI is InChI=1S/C26H45NO20/c1-7(32)27-13-22(46-25-19(39)18(38)15(35)9(2-28)43-25)16(36)10(3-29)42-24(13)47-23-17(37)11(4-30)44-26(20(23)40)45-21-12(5-31)41-6-8(33)14(21)34/h8-26,28-31,33-40H,2-6H2,1H3,(H,27,32)/t8?,9?,10?,11?,12?,13?,14?,15-,16+,17-,18-,19?,20?,21+,22+,23?,24-,25-,26-/m0/s1. The Morgan fingerprint density at radius 1 is 0.574 bits per heavy atom. The van der Waals surface area contributed by atoms with Gasteiger partial charge in [-0.1, -0.05) is 0 Å². The highest BCUT2D eigenvalue weighted by Gasteiger charge is 2.55. The predicted molar refractivity (Wildman–Crippen MR) is 144 cm³/mol. The van der Waals surface area contributed by atoms with Crippen LogP contribution in [0.2, 0.25) is 0 Å². The lowest BCUT2D eigenvalue weighted by molar-refractivity contribution is -0.374. The molecule has 4 rings (SSSR count). The summed E-state index contributed by atoms with van der Waals surface area (Å²) in [5, 5.41) is 126. The third kappa shape index (κ3) is 8.20. The van der Waals surface area contributed by atoms with Crippen LogP contribution >= 0.6 is 0 Å². The van der Waals surface area contributed by atoms with Crippen molar-refractivity contribution in [1.29, 1.82) is 0 Å². The number of carbonyl (C=O) groups excluding carboxylic acids is 1. The number of amides is 1. The molecule has 0 saturated carbocycles. The summed E-state index contributed by atoms with van der Waals surface area (Å²) < 4.78 is 39.1. The normalized spacial score (nSPS) is 49.4. The van der Waals surface area contributed by atoms with E-state index in [9.17, 15) is 66.1 Å². The molecular formula is C26H45NO20. The topological polar surface area (TPSA) is 336 Å². The van der Waals surface area contributed by atoms with Gasteiger partial charge in [0.25, 0.3) is 0 Å². The smallest absolute Gasteiger partial charge is 0.217 e. The summed E-state index contributed by atoms with van der Waals surface area (Å²) in [4.78, 5) is 12.3. The SMILES string of the molecule is CC(=O)NC1[C@H](OC2C(O)[C@H](O[C@@H]3C(CO)OCC(O)C3O)OC(CO)[C@@H]2O)OC(CO)[C@@H](O)[C@@H]1O[C@@H]1OC(CO)[C@H](O)[C@H](O)C1O. The second kappa shape index (κ2) is 16.6. The summed E-state index contributed by atoms with van der Waals surface area (Å²) in [7, 11) is 0. The lowest BCUT2D eigenvalue weighted by Crippen LogP contribution is -2.70. The van der Waals surface area contributed by atoms with Crippen LogP contribution in [0.1, 0.15) is 6.92 Å². The molecule has 4 saturated heterocycles. The molecule has 274 valence electrons. The van der Waals surface area contributed by atoms with E-state index in [4.69, 9.17) is 33.2 Å². The maximum absolute atomic E-state index is 12.3. The molecule has 0 spiro atoms. The number of carbonyl (C=O) groups is 1. The molecule has 21 nitrogen and oxygen atoms in total. The average molecular weight is 692 g/mol. The van der Waals surface area contributed by atoms with Crippen LogP contribution in [0, 0.1) is 0 Å². The molecule has 21 heteroatoms. The molecule has 0 aromatic rings. The van der Waals surface area contributed by atoms with Crippen molar-refractivity contribution < 1.29 is 99.2 Å². The Kier molecular flexibility index (Phi) is 13.6. The lowest BCUT2D eigenvalue weighted by Gasteiger charge is -2.50. The third-order valence-corrected chi connectivity index (χ3v) is 8.53. The summed E-state index contributed by atoms with van der Waals surface area (Å²) in [5.74, 6) is -0.744. The quantitative estimate of drug-likeness (QED) is 0.0956. The van der Waals surface area contributed by atoms with Gasteiger partial charge in [-0.2, -0.15) is 0 Å². The first-order valence-electron chi connectivity index (χ1n) is 15.0. The van der Waals surface area contributed by atoms with E-state index in [2.05, 4.69) is 5.32 Å². The van der Waals surface area contributed by atoms with Crippen molar-refractivity contribution in [2.24, 2.45) is 0 Å². The number of nitrogens with one attached hydrogen (secondary N) is 1. The minimum atomic E-state index is -1.97. The number of hydrogen-bond acceptors (Lipinski definition) is 20.